The van der Waals surface area contributed by atoms with E-state index in [4.69, 9.17) is 0 Å². The second-order valence-electron chi connectivity index (χ2n) is 10.0. The van der Waals surface area contributed by atoms with E-state index in [0.717, 1.165) is 31.3 Å². The molecule has 0 N–H and O–H groups in total. The number of amides is 1. The standard InChI is InChI=1S/C23H29NO.C2H6/c25-20(24-9-5-2-6-10-24)21-12-17-11-19-14-23(16-21,22(19,13-17)15-21)18-7-3-1-4-8-18;1-2/h1,3-4,7-8,17,19H,2,5-6,9-16H2;1-2H3. The summed E-state index contributed by atoms with van der Waals surface area (Å²) in [6.45, 7) is 6.03. The van der Waals surface area contributed by atoms with E-state index in [-0.39, 0.29) is 5.41 Å². The highest BCUT2D eigenvalue weighted by Crippen LogP contribution is 2.84. The monoisotopic (exact) mass is 365 g/mol. The molecule has 1 spiro atoms. The van der Waals surface area contributed by atoms with Crippen molar-refractivity contribution < 1.29 is 4.79 Å². The molecular weight excluding hydrogens is 330 g/mol. The molecule has 1 amide bonds. The Morgan fingerprint density at radius 3 is 2.44 bits per heavy atom. The Bertz CT molecular complexity index is 723. The maximum atomic E-state index is 13.7. The van der Waals surface area contributed by atoms with Crippen molar-refractivity contribution in [3.63, 3.8) is 0 Å². The van der Waals surface area contributed by atoms with Gasteiger partial charge in [0.2, 0.25) is 5.91 Å². The second kappa shape index (κ2) is 6.09. The van der Waals surface area contributed by atoms with Gasteiger partial charge in [0.1, 0.15) is 0 Å². The number of nitrogens with zero attached hydrogens (tertiary/aromatic N) is 1. The van der Waals surface area contributed by atoms with Crippen LogP contribution in [0.4, 0.5) is 0 Å². The first-order valence-corrected chi connectivity index (χ1v) is 11.5. The van der Waals surface area contributed by atoms with Crippen LogP contribution in [0.2, 0.25) is 0 Å². The molecule has 2 heteroatoms. The normalized spacial score (nSPS) is 43.6. The van der Waals surface area contributed by atoms with Crippen molar-refractivity contribution in [3.8, 4) is 0 Å². The fourth-order valence-electron chi connectivity index (χ4n) is 8.42. The Kier molecular flexibility index (Phi) is 4.01. The van der Waals surface area contributed by atoms with E-state index in [1.807, 2.05) is 13.8 Å². The number of carbonyl (C=O) groups excluding carboxylic acids is 1. The van der Waals surface area contributed by atoms with Crippen LogP contribution in [-0.2, 0) is 10.2 Å². The van der Waals surface area contributed by atoms with E-state index in [0.29, 0.717) is 16.7 Å². The number of carbonyl (C=O) groups is 1. The van der Waals surface area contributed by atoms with Gasteiger partial charge in [0, 0.05) is 18.5 Å². The largest absolute Gasteiger partial charge is 0.342 e. The number of likely N-dealkylation sites (tertiary alicyclic amines) is 1. The SMILES string of the molecule is CC.O=C(N1CCCCC1)C12CC3CC4CC(c5ccccc5)(C1)C4(C3)C2. The quantitative estimate of drug-likeness (QED) is 0.671. The number of piperidine rings is 1. The molecule has 0 aromatic heterocycles. The molecule has 6 rings (SSSR count). The molecule has 1 saturated heterocycles. The van der Waals surface area contributed by atoms with Crippen LogP contribution in [0.25, 0.3) is 0 Å². The summed E-state index contributed by atoms with van der Waals surface area (Å²) >= 11 is 0. The van der Waals surface area contributed by atoms with Gasteiger partial charge in [-0.15, -0.1) is 0 Å². The van der Waals surface area contributed by atoms with E-state index in [9.17, 15) is 4.79 Å². The van der Waals surface area contributed by atoms with Crippen molar-refractivity contribution in [2.75, 3.05) is 13.1 Å². The summed E-state index contributed by atoms with van der Waals surface area (Å²) in [5.41, 5.74) is 2.29. The fourth-order valence-corrected chi connectivity index (χ4v) is 8.42. The van der Waals surface area contributed by atoms with Crippen LogP contribution in [0, 0.1) is 22.7 Å². The van der Waals surface area contributed by atoms with Gasteiger partial charge in [-0.2, -0.15) is 0 Å². The van der Waals surface area contributed by atoms with Gasteiger partial charge in [-0.05, 0) is 80.6 Å². The van der Waals surface area contributed by atoms with Gasteiger partial charge in [-0.3, -0.25) is 4.79 Å². The summed E-state index contributed by atoms with van der Waals surface area (Å²) in [6.07, 6.45) is 11.4. The lowest BCUT2D eigenvalue weighted by Crippen LogP contribution is -2.55. The fraction of sp³-hybridized carbons (Fsp3) is 0.720. The van der Waals surface area contributed by atoms with E-state index in [2.05, 4.69) is 35.2 Å². The van der Waals surface area contributed by atoms with Crippen molar-refractivity contribution in [1.82, 2.24) is 4.90 Å². The molecule has 0 radical (unpaired) electrons. The summed E-state index contributed by atoms with van der Waals surface area (Å²) in [4.78, 5) is 16.0. The van der Waals surface area contributed by atoms with E-state index in [1.165, 1.54) is 51.4 Å². The average molecular weight is 366 g/mol. The molecule has 4 saturated carbocycles. The molecule has 5 aliphatic rings. The molecule has 4 aliphatic carbocycles. The lowest BCUT2D eigenvalue weighted by Gasteiger charge is -2.59. The molecule has 1 heterocycles. The maximum absolute atomic E-state index is 13.7. The zero-order valence-electron chi connectivity index (χ0n) is 17.2. The van der Waals surface area contributed by atoms with Gasteiger partial charge in [-0.1, -0.05) is 44.2 Å². The molecule has 1 aromatic carbocycles. The molecule has 5 atom stereocenters. The van der Waals surface area contributed by atoms with Gasteiger partial charge in [0.25, 0.3) is 0 Å². The van der Waals surface area contributed by atoms with Gasteiger partial charge in [-0.25, -0.2) is 0 Å². The predicted octanol–water partition coefficient (Wildman–Crippen LogP) is 5.56. The third-order valence-corrected chi connectivity index (χ3v) is 9.00. The van der Waals surface area contributed by atoms with Crippen LogP contribution in [-0.4, -0.2) is 23.9 Å². The molecule has 1 aliphatic heterocycles. The lowest BCUT2D eigenvalue weighted by molar-refractivity contribution is -0.145. The van der Waals surface area contributed by atoms with Crippen LogP contribution in [0.1, 0.15) is 77.2 Å². The molecule has 3 bridgehead atoms. The number of benzene rings is 1. The highest BCUT2D eigenvalue weighted by atomic mass is 16.2. The van der Waals surface area contributed by atoms with Crippen LogP contribution >= 0.6 is 0 Å². The summed E-state index contributed by atoms with van der Waals surface area (Å²) in [6, 6.07) is 11.3. The van der Waals surface area contributed by atoms with Crippen LogP contribution in [0.5, 0.6) is 0 Å². The summed E-state index contributed by atoms with van der Waals surface area (Å²) in [5, 5.41) is 0. The first kappa shape index (κ1) is 17.8. The first-order chi connectivity index (χ1) is 13.2. The van der Waals surface area contributed by atoms with Gasteiger partial charge >= 0.3 is 0 Å². The van der Waals surface area contributed by atoms with Crippen molar-refractivity contribution in [3.05, 3.63) is 35.9 Å². The minimum atomic E-state index is -0.0264. The van der Waals surface area contributed by atoms with Crippen LogP contribution in [0.3, 0.4) is 0 Å². The predicted molar refractivity (Wildman–Crippen MR) is 109 cm³/mol. The zero-order chi connectivity index (χ0) is 18.7. The number of rotatable bonds is 2. The molecule has 5 unspecified atom stereocenters. The Hall–Kier alpha value is -1.31. The molecule has 2 nitrogen and oxygen atoms in total. The smallest absolute Gasteiger partial charge is 0.228 e. The Labute approximate surface area is 164 Å². The van der Waals surface area contributed by atoms with Gasteiger partial charge < -0.3 is 4.90 Å². The van der Waals surface area contributed by atoms with E-state index < -0.39 is 0 Å². The van der Waals surface area contributed by atoms with Crippen LogP contribution < -0.4 is 0 Å². The lowest BCUT2D eigenvalue weighted by atomic mass is 9.44. The average Bonchev–Trinajstić information content (AvgIpc) is 3.04. The molecule has 146 valence electrons. The Morgan fingerprint density at radius 1 is 0.963 bits per heavy atom. The molecular formula is C25H35NO. The summed E-state index contributed by atoms with van der Waals surface area (Å²) < 4.78 is 0. The summed E-state index contributed by atoms with van der Waals surface area (Å²) in [5.74, 6) is 2.26. The maximum Gasteiger partial charge on any atom is 0.228 e. The number of hydrogen-bond donors (Lipinski definition) is 0. The van der Waals surface area contributed by atoms with E-state index in [1.54, 1.807) is 5.56 Å². The number of fused-ring (bicyclic) bond motifs is 2. The highest BCUT2D eigenvalue weighted by molar-refractivity contribution is 5.84. The minimum Gasteiger partial charge on any atom is -0.342 e. The van der Waals surface area contributed by atoms with Crippen molar-refractivity contribution in [2.24, 2.45) is 22.7 Å². The first-order valence-electron chi connectivity index (χ1n) is 11.5. The Morgan fingerprint density at radius 2 is 1.70 bits per heavy atom. The van der Waals surface area contributed by atoms with Gasteiger partial charge in [0.15, 0.2) is 0 Å². The van der Waals surface area contributed by atoms with Crippen molar-refractivity contribution in [1.29, 1.82) is 0 Å². The van der Waals surface area contributed by atoms with E-state index >= 15 is 0 Å². The Balaban J connectivity index is 0.000000777. The topological polar surface area (TPSA) is 20.3 Å². The van der Waals surface area contributed by atoms with Gasteiger partial charge in [0.05, 0.1) is 5.41 Å². The minimum absolute atomic E-state index is 0.0264. The molecule has 1 aromatic rings. The van der Waals surface area contributed by atoms with Crippen molar-refractivity contribution >= 4 is 5.91 Å². The number of hydrogen-bond acceptors (Lipinski definition) is 1. The highest BCUT2D eigenvalue weighted by Gasteiger charge is 2.79. The second-order valence-corrected chi connectivity index (χ2v) is 10.0. The third-order valence-electron chi connectivity index (χ3n) is 9.00. The molecule has 5 fully saturated rings. The zero-order valence-corrected chi connectivity index (χ0v) is 17.2. The molecule has 27 heavy (non-hydrogen) atoms. The summed E-state index contributed by atoms with van der Waals surface area (Å²) in [7, 11) is 0. The third kappa shape index (κ3) is 2.16. The van der Waals surface area contributed by atoms with Crippen molar-refractivity contribution in [2.45, 2.75) is 77.0 Å². The van der Waals surface area contributed by atoms with Crippen LogP contribution in [0.15, 0.2) is 30.3 Å².